The number of rotatable bonds is 19. The van der Waals surface area contributed by atoms with E-state index in [2.05, 4.69) is 26.0 Å². The minimum Gasteiger partial charge on any atom is -0.497 e. The number of methoxy groups -OCH3 is 2. The first-order valence-corrected chi connectivity index (χ1v) is 18.9. The molecule has 0 radical (unpaired) electrons. The van der Waals surface area contributed by atoms with Gasteiger partial charge in [0, 0.05) is 61.6 Å². The van der Waals surface area contributed by atoms with E-state index in [9.17, 15) is 19.2 Å². The molecular formula is C37H47N7O7S. The van der Waals surface area contributed by atoms with Gasteiger partial charge in [0.1, 0.15) is 23.6 Å². The number of urea groups is 1. The second-order valence-corrected chi connectivity index (χ2v) is 14.6. The van der Waals surface area contributed by atoms with Crippen LogP contribution in [0.5, 0.6) is 11.5 Å². The zero-order valence-corrected chi connectivity index (χ0v) is 30.5. The van der Waals surface area contributed by atoms with Crippen molar-refractivity contribution in [1.29, 1.82) is 0 Å². The second kappa shape index (κ2) is 17.7. The number of hydrogen-bond donors (Lipinski definition) is 3. The van der Waals surface area contributed by atoms with E-state index in [4.69, 9.17) is 14.2 Å². The molecule has 4 amide bonds. The fourth-order valence-electron chi connectivity index (χ4n) is 6.85. The van der Waals surface area contributed by atoms with Crippen molar-refractivity contribution in [2.45, 2.75) is 75.2 Å². The van der Waals surface area contributed by atoms with Crippen LogP contribution >= 0.6 is 11.8 Å². The largest absolute Gasteiger partial charge is 0.497 e. The van der Waals surface area contributed by atoms with Crippen molar-refractivity contribution in [1.82, 2.24) is 25.4 Å². The summed E-state index contributed by atoms with van der Waals surface area (Å²) in [6.45, 7) is 1.77. The quantitative estimate of drug-likeness (QED) is 0.121. The molecule has 1 aromatic heterocycles. The molecule has 15 heteroatoms. The lowest BCUT2D eigenvalue weighted by Crippen LogP contribution is -2.36. The molecule has 2 aromatic carbocycles. The minimum atomic E-state index is -0.504. The number of anilines is 2. The Morgan fingerprint density at radius 1 is 1.00 bits per heavy atom. The van der Waals surface area contributed by atoms with Gasteiger partial charge in [-0.3, -0.25) is 14.4 Å². The third-order valence-electron chi connectivity index (χ3n) is 9.67. The molecule has 1 unspecified atom stereocenters. The van der Waals surface area contributed by atoms with E-state index in [-0.39, 0.29) is 48.7 Å². The van der Waals surface area contributed by atoms with Gasteiger partial charge in [0.25, 0.3) is 0 Å². The summed E-state index contributed by atoms with van der Waals surface area (Å²) >= 11 is 1.91. The lowest BCUT2D eigenvalue weighted by Gasteiger charge is -2.20. The smallest absolute Gasteiger partial charge is 0.315 e. The van der Waals surface area contributed by atoms with Crippen LogP contribution in [0.25, 0.3) is 0 Å². The topological polar surface area (TPSA) is 166 Å². The summed E-state index contributed by atoms with van der Waals surface area (Å²) in [5, 5.41) is 13.9. The van der Waals surface area contributed by atoms with Crippen molar-refractivity contribution in [2.24, 2.45) is 5.92 Å². The maximum absolute atomic E-state index is 13.1. The third kappa shape index (κ3) is 9.62. The van der Waals surface area contributed by atoms with E-state index < -0.39 is 5.92 Å². The van der Waals surface area contributed by atoms with Crippen LogP contribution in [0.3, 0.4) is 0 Å². The van der Waals surface area contributed by atoms with Crippen molar-refractivity contribution in [3.8, 4) is 11.5 Å². The van der Waals surface area contributed by atoms with Crippen LogP contribution in [0.1, 0.15) is 56.3 Å². The third-order valence-corrected chi connectivity index (χ3v) is 11.2. The van der Waals surface area contributed by atoms with Crippen molar-refractivity contribution in [3.05, 3.63) is 60.2 Å². The Hall–Kier alpha value is -4.63. The molecule has 4 heterocycles. The van der Waals surface area contributed by atoms with Gasteiger partial charge < -0.3 is 35.1 Å². The molecule has 0 saturated carbocycles. The Morgan fingerprint density at radius 3 is 2.63 bits per heavy atom. The predicted molar refractivity (Wildman–Crippen MR) is 197 cm³/mol. The molecule has 3 aliphatic heterocycles. The number of thioether (sulfide) groups is 1. The van der Waals surface area contributed by atoms with Crippen molar-refractivity contribution >= 4 is 46.8 Å². The Morgan fingerprint density at radius 2 is 1.83 bits per heavy atom. The molecule has 3 aliphatic rings. The van der Waals surface area contributed by atoms with Crippen LogP contribution in [0.2, 0.25) is 0 Å². The highest BCUT2D eigenvalue weighted by molar-refractivity contribution is 8.00. The zero-order chi connectivity index (χ0) is 36.5. The summed E-state index contributed by atoms with van der Waals surface area (Å²) in [6, 6.07) is 13.2. The monoisotopic (exact) mass is 733 g/mol. The van der Waals surface area contributed by atoms with Gasteiger partial charge in [0.05, 0.1) is 51.1 Å². The van der Waals surface area contributed by atoms with Crippen molar-refractivity contribution < 1.29 is 33.4 Å². The van der Waals surface area contributed by atoms with Gasteiger partial charge in [-0.15, -0.1) is 0 Å². The van der Waals surface area contributed by atoms with E-state index >= 15 is 0 Å². The number of carbonyl (C=O) groups is 4. The number of nitrogens with zero attached hydrogens (tertiary/aromatic N) is 4. The Kier molecular flexibility index (Phi) is 12.7. The number of carbonyl (C=O) groups excluding carboxylic acids is 4. The van der Waals surface area contributed by atoms with Gasteiger partial charge in [0.15, 0.2) is 5.82 Å². The maximum Gasteiger partial charge on any atom is 0.315 e. The summed E-state index contributed by atoms with van der Waals surface area (Å²) in [4.78, 5) is 55.7. The Balaban J connectivity index is 0.840. The van der Waals surface area contributed by atoms with Crippen LogP contribution in [-0.4, -0.2) is 95.5 Å². The van der Waals surface area contributed by atoms with Gasteiger partial charge in [-0.1, -0.05) is 18.6 Å². The number of hydrogen-bond acceptors (Lipinski definition) is 10. The number of fused-ring (bicyclic) bond motifs is 1. The molecule has 278 valence electrons. The van der Waals surface area contributed by atoms with Gasteiger partial charge in [-0.05, 0) is 49.1 Å². The van der Waals surface area contributed by atoms with E-state index in [0.717, 1.165) is 30.6 Å². The highest BCUT2D eigenvalue weighted by Gasteiger charge is 2.42. The Bertz CT molecular complexity index is 1720. The summed E-state index contributed by atoms with van der Waals surface area (Å²) in [5.74, 6) is 2.18. The van der Waals surface area contributed by atoms with Gasteiger partial charge in [-0.2, -0.15) is 16.9 Å². The van der Waals surface area contributed by atoms with Crippen molar-refractivity contribution in [3.63, 3.8) is 0 Å². The number of nitrogens with one attached hydrogen (secondary N) is 3. The number of aromatic nitrogens is 3. The molecule has 0 aliphatic carbocycles. The first kappa shape index (κ1) is 37.1. The standard InChI is InChI=1S/C37H47N7O7S/c1-49-28-13-14-31(50-2)30(19-28)44-21-25(18-34(44)46)36(47)39-26-11-9-24(10-12-26)20-43-23-38-33(42-43)15-17-51-16-5-7-27(45)6-3-4-8-32-35-29(22-52-32)40-37(48)41-35/h9-14,19,23,25,29,32,35H,3-8,15-18,20-22H2,1-2H3,(H,39,47)(H2,40,41,48)/t25?,29-,32-,35-/m0/s1. The van der Waals surface area contributed by atoms with Crippen molar-refractivity contribution in [2.75, 3.05) is 49.9 Å². The van der Waals surface area contributed by atoms with E-state index in [1.54, 1.807) is 48.3 Å². The maximum atomic E-state index is 13.1. The van der Waals surface area contributed by atoms with Gasteiger partial charge >= 0.3 is 6.03 Å². The van der Waals surface area contributed by atoms with Crippen LogP contribution in [0.15, 0.2) is 48.8 Å². The fourth-order valence-corrected chi connectivity index (χ4v) is 8.39. The molecule has 52 heavy (non-hydrogen) atoms. The first-order chi connectivity index (χ1) is 25.3. The normalized spacial score (nSPS) is 20.8. The average Bonchev–Trinajstić information content (AvgIpc) is 3.94. The molecule has 14 nitrogen and oxygen atoms in total. The number of amides is 4. The molecule has 3 saturated heterocycles. The lowest BCUT2D eigenvalue weighted by atomic mass is 10.0. The molecule has 0 bridgehead atoms. The van der Waals surface area contributed by atoms with Crippen LogP contribution < -0.4 is 30.3 Å². The molecule has 4 atom stereocenters. The molecule has 0 spiro atoms. The summed E-state index contributed by atoms with van der Waals surface area (Å²) in [6.07, 6.45) is 7.10. The highest BCUT2D eigenvalue weighted by atomic mass is 32.2. The Labute approximate surface area is 307 Å². The summed E-state index contributed by atoms with van der Waals surface area (Å²) in [7, 11) is 3.10. The molecule has 6 rings (SSSR count). The van der Waals surface area contributed by atoms with E-state index in [0.29, 0.717) is 79.4 Å². The van der Waals surface area contributed by atoms with Crippen LogP contribution in [0.4, 0.5) is 16.2 Å². The SMILES string of the molecule is COc1ccc(OC)c(N2CC(C(=O)Nc3ccc(Cn4cnc(CCOCCCC(=O)CCCC[C@@H]5SC[C@@H]6NC(=O)N[C@@H]65)n4)cc3)CC2=O)c1. The summed E-state index contributed by atoms with van der Waals surface area (Å²) in [5.41, 5.74) is 2.22. The van der Waals surface area contributed by atoms with Gasteiger partial charge in [0.2, 0.25) is 11.8 Å². The van der Waals surface area contributed by atoms with E-state index in [1.165, 1.54) is 0 Å². The van der Waals surface area contributed by atoms with Crippen LogP contribution in [-0.2, 0) is 32.1 Å². The highest BCUT2D eigenvalue weighted by Crippen LogP contribution is 2.36. The fraction of sp³-hybridized carbons (Fsp3) is 0.514. The number of unbranched alkanes of at least 4 members (excludes halogenated alkanes) is 1. The van der Waals surface area contributed by atoms with Gasteiger partial charge in [-0.25, -0.2) is 14.5 Å². The minimum absolute atomic E-state index is 0.0600. The molecular weight excluding hydrogens is 687 g/mol. The lowest BCUT2D eigenvalue weighted by molar-refractivity contribution is -0.122. The summed E-state index contributed by atoms with van der Waals surface area (Å²) < 4.78 is 18.2. The number of benzene rings is 2. The van der Waals surface area contributed by atoms with E-state index in [1.807, 2.05) is 36.0 Å². The molecule has 3 N–H and O–H groups in total. The predicted octanol–water partition coefficient (Wildman–Crippen LogP) is 3.97. The molecule has 3 fully saturated rings. The number of Topliss-reactive ketones (excluding diaryl/α,β-unsaturated/α-hetero) is 1. The molecule has 3 aromatic rings. The number of ether oxygens (including phenoxy) is 3. The first-order valence-electron chi connectivity index (χ1n) is 17.9. The second-order valence-electron chi connectivity index (χ2n) is 13.4. The zero-order valence-electron chi connectivity index (χ0n) is 29.7. The van der Waals surface area contributed by atoms with Crippen LogP contribution in [0, 0.1) is 5.92 Å². The average molecular weight is 734 g/mol. The number of ketones is 1.